The van der Waals surface area contributed by atoms with Crippen LogP contribution in [0.15, 0.2) is 54.6 Å². The zero-order valence-corrected chi connectivity index (χ0v) is 13.9. The SMILES string of the molecule is NCC(=O)N[C@@H]1CN[C@@H](C(=O)Nc2cccc(-c3ccccc3)c2)C1. The van der Waals surface area contributed by atoms with Crippen LogP contribution in [-0.4, -0.2) is 37.0 Å². The third-order valence-electron chi connectivity index (χ3n) is 4.24. The number of hydrogen-bond donors (Lipinski definition) is 4. The number of carbonyl (C=O) groups is 2. The molecule has 2 aromatic rings. The highest BCUT2D eigenvalue weighted by Gasteiger charge is 2.30. The molecule has 130 valence electrons. The van der Waals surface area contributed by atoms with Gasteiger partial charge in [0.1, 0.15) is 0 Å². The minimum Gasteiger partial charge on any atom is -0.351 e. The van der Waals surface area contributed by atoms with E-state index in [0.29, 0.717) is 13.0 Å². The molecule has 0 aliphatic carbocycles. The molecule has 25 heavy (non-hydrogen) atoms. The first-order valence-electron chi connectivity index (χ1n) is 8.35. The second-order valence-corrected chi connectivity index (χ2v) is 6.10. The lowest BCUT2D eigenvalue weighted by Gasteiger charge is -2.13. The number of benzene rings is 2. The van der Waals surface area contributed by atoms with Gasteiger partial charge in [-0.3, -0.25) is 9.59 Å². The fourth-order valence-corrected chi connectivity index (χ4v) is 2.97. The standard InChI is InChI=1S/C19H22N4O2/c20-11-18(24)22-16-10-17(21-12-16)19(25)23-15-8-4-7-14(9-15)13-5-2-1-3-6-13/h1-9,16-17,21H,10-12,20H2,(H,22,24)(H,23,25)/t16-,17+/m0/s1. The monoisotopic (exact) mass is 338 g/mol. The molecule has 6 nitrogen and oxygen atoms in total. The van der Waals surface area contributed by atoms with Crippen molar-refractivity contribution in [3.8, 4) is 11.1 Å². The minimum atomic E-state index is -0.330. The van der Waals surface area contributed by atoms with Crippen molar-refractivity contribution in [2.75, 3.05) is 18.4 Å². The van der Waals surface area contributed by atoms with Crippen LogP contribution in [0.1, 0.15) is 6.42 Å². The van der Waals surface area contributed by atoms with Crippen LogP contribution < -0.4 is 21.7 Å². The third-order valence-corrected chi connectivity index (χ3v) is 4.24. The van der Waals surface area contributed by atoms with Gasteiger partial charge in [-0.15, -0.1) is 0 Å². The fourth-order valence-electron chi connectivity index (χ4n) is 2.97. The van der Waals surface area contributed by atoms with Gasteiger partial charge in [0.05, 0.1) is 12.6 Å². The van der Waals surface area contributed by atoms with E-state index in [1.165, 1.54) is 0 Å². The van der Waals surface area contributed by atoms with Crippen LogP contribution in [0.25, 0.3) is 11.1 Å². The number of anilines is 1. The summed E-state index contributed by atoms with van der Waals surface area (Å²) >= 11 is 0. The van der Waals surface area contributed by atoms with Crippen LogP contribution in [0.2, 0.25) is 0 Å². The number of amides is 2. The Bertz CT molecular complexity index is 748. The van der Waals surface area contributed by atoms with Gasteiger partial charge in [-0.1, -0.05) is 42.5 Å². The molecule has 5 N–H and O–H groups in total. The number of nitrogens with one attached hydrogen (secondary N) is 3. The topological polar surface area (TPSA) is 96.2 Å². The lowest BCUT2D eigenvalue weighted by Crippen LogP contribution is -2.39. The molecule has 1 saturated heterocycles. The Hall–Kier alpha value is -2.70. The lowest BCUT2D eigenvalue weighted by atomic mass is 10.1. The highest BCUT2D eigenvalue weighted by Crippen LogP contribution is 2.22. The minimum absolute atomic E-state index is 0.0420. The van der Waals surface area contributed by atoms with E-state index in [0.717, 1.165) is 16.8 Å². The second-order valence-electron chi connectivity index (χ2n) is 6.10. The molecule has 2 amide bonds. The Morgan fingerprint density at radius 2 is 1.84 bits per heavy atom. The van der Waals surface area contributed by atoms with E-state index in [-0.39, 0.29) is 30.4 Å². The first kappa shape index (κ1) is 17.1. The van der Waals surface area contributed by atoms with E-state index >= 15 is 0 Å². The number of nitrogens with two attached hydrogens (primary N) is 1. The molecule has 2 aromatic carbocycles. The summed E-state index contributed by atoms with van der Waals surface area (Å²) in [6.07, 6.45) is 0.552. The molecule has 1 heterocycles. The highest BCUT2D eigenvalue weighted by atomic mass is 16.2. The zero-order chi connectivity index (χ0) is 17.6. The Labute approximate surface area is 146 Å². The molecule has 3 rings (SSSR count). The van der Waals surface area contributed by atoms with Crippen molar-refractivity contribution in [3.05, 3.63) is 54.6 Å². The maximum absolute atomic E-state index is 12.5. The molecule has 1 aliphatic rings. The first-order valence-corrected chi connectivity index (χ1v) is 8.35. The molecule has 0 bridgehead atoms. The van der Waals surface area contributed by atoms with Crippen LogP contribution in [0.4, 0.5) is 5.69 Å². The highest BCUT2D eigenvalue weighted by molar-refractivity contribution is 5.95. The van der Waals surface area contributed by atoms with Crippen LogP contribution in [-0.2, 0) is 9.59 Å². The van der Waals surface area contributed by atoms with Crippen molar-refractivity contribution >= 4 is 17.5 Å². The quantitative estimate of drug-likeness (QED) is 0.656. The Morgan fingerprint density at radius 3 is 2.60 bits per heavy atom. The van der Waals surface area contributed by atoms with Gasteiger partial charge in [-0.05, 0) is 29.7 Å². The van der Waals surface area contributed by atoms with Crippen LogP contribution >= 0.6 is 0 Å². The van der Waals surface area contributed by atoms with E-state index in [1.54, 1.807) is 0 Å². The number of rotatable bonds is 5. The molecule has 0 radical (unpaired) electrons. The molecule has 0 spiro atoms. The van der Waals surface area contributed by atoms with Crippen molar-refractivity contribution in [1.82, 2.24) is 10.6 Å². The van der Waals surface area contributed by atoms with Crippen molar-refractivity contribution in [2.45, 2.75) is 18.5 Å². The predicted octanol–water partition coefficient (Wildman–Crippen LogP) is 1.10. The van der Waals surface area contributed by atoms with E-state index in [2.05, 4.69) is 16.0 Å². The summed E-state index contributed by atoms with van der Waals surface area (Å²) in [5.74, 6) is -0.307. The molecule has 2 atom stereocenters. The third kappa shape index (κ3) is 4.43. The van der Waals surface area contributed by atoms with Crippen molar-refractivity contribution in [2.24, 2.45) is 5.73 Å². The fraction of sp³-hybridized carbons (Fsp3) is 0.263. The van der Waals surface area contributed by atoms with Gasteiger partial charge in [-0.25, -0.2) is 0 Å². The maximum atomic E-state index is 12.5. The molecule has 1 fully saturated rings. The number of hydrogen-bond acceptors (Lipinski definition) is 4. The second kappa shape index (κ2) is 7.92. The van der Waals surface area contributed by atoms with Crippen LogP contribution in [0.3, 0.4) is 0 Å². The number of carbonyl (C=O) groups excluding carboxylic acids is 2. The summed E-state index contributed by atoms with van der Waals surface area (Å²) < 4.78 is 0. The van der Waals surface area contributed by atoms with Crippen LogP contribution in [0.5, 0.6) is 0 Å². The average molecular weight is 338 g/mol. The summed E-state index contributed by atoms with van der Waals surface area (Å²) in [6.45, 7) is 0.521. The first-order chi connectivity index (χ1) is 12.2. The van der Waals surface area contributed by atoms with Gasteiger partial charge in [0.25, 0.3) is 0 Å². The summed E-state index contributed by atoms with van der Waals surface area (Å²) in [6, 6.07) is 17.4. The van der Waals surface area contributed by atoms with E-state index < -0.39 is 0 Å². The molecule has 1 aliphatic heterocycles. The Kier molecular flexibility index (Phi) is 5.42. The van der Waals surface area contributed by atoms with Gasteiger partial charge in [0.2, 0.25) is 11.8 Å². The average Bonchev–Trinajstić information content (AvgIpc) is 3.11. The summed E-state index contributed by atoms with van der Waals surface area (Å²) in [7, 11) is 0. The van der Waals surface area contributed by atoms with E-state index in [4.69, 9.17) is 5.73 Å². The molecular formula is C19H22N4O2. The van der Waals surface area contributed by atoms with Crippen molar-refractivity contribution in [1.29, 1.82) is 0 Å². The lowest BCUT2D eigenvalue weighted by molar-refractivity contribution is -0.121. The molecule has 0 aromatic heterocycles. The largest absolute Gasteiger partial charge is 0.351 e. The normalized spacial score (nSPS) is 19.4. The molecular weight excluding hydrogens is 316 g/mol. The van der Waals surface area contributed by atoms with E-state index in [9.17, 15) is 9.59 Å². The summed E-state index contributed by atoms with van der Waals surface area (Å²) in [5, 5.41) is 8.88. The molecule has 6 heteroatoms. The van der Waals surface area contributed by atoms with Gasteiger partial charge in [-0.2, -0.15) is 0 Å². The zero-order valence-electron chi connectivity index (χ0n) is 13.9. The Balaban J connectivity index is 1.61. The molecule has 0 saturated carbocycles. The summed E-state index contributed by atoms with van der Waals surface area (Å²) in [4.78, 5) is 23.8. The Morgan fingerprint density at radius 1 is 1.08 bits per heavy atom. The molecule has 0 unspecified atom stereocenters. The van der Waals surface area contributed by atoms with E-state index in [1.807, 2.05) is 54.6 Å². The summed E-state index contributed by atoms with van der Waals surface area (Å²) in [5.41, 5.74) is 8.20. The van der Waals surface area contributed by atoms with Crippen LogP contribution in [0, 0.1) is 0 Å². The van der Waals surface area contributed by atoms with Gasteiger partial charge >= 0.3 is 0 Å². The predicted molar refractivity (Wildman–Crippen MR) is 97.9 cm³/mol. The van der Waals surface area contributed by atoms with Gasteiger partial charge in [0.15, 0.2) is 0 Å². The van der Waals surface area contributed by atoms with Gasteiger partial charge in [0, 0.05) is 18.3 Å². The van der Waals surface area contributed by atoms with Crippen molar-refractivity contribution in [3.63, 3.8) is 0 Å². The maximum Gasteiger partial charge on any atom is 0.241 e. The smallest absolute Gasteiger partial charge is 0.241 e. The van der Waals surface area contributed by atoms with Crippen molar-refractivity contribution < 1.29 is 9.59 Å². The van der Waals surface area contributed by atoms with Gasteiger partial charge < -0.3 is 21.7 Å².